The summed E-state index contributed by atoms with van der Waals surface area (Å²) in [6.07, 6.45) is 22.7. The molecule has 0 bridgehead atoms. The highest BCUT2D eigenvalue weighted by Gasteiger charge is 2.22. The summed E-state index contributed by atoms with van der Waals surface area (Å²) in [5.74, 6) is 1.41. The van der Waals surface area contributed by atoms with E-state index in [9.17, 15) is 9.18 Å². The van der Waals surface area contributed by atoms with Crippen molar-refractivity contribution in [1.29, 1.82) is 0 Å². The topological polar surface area (TPSA) is 26.3 Å². The number of halogens is 1. The molecule has 0 unspecified atom stereocenters. The summed E-state index contributed by atoms with van der Waals surface area (Å²) >= 11 is 0. The van der Waals surface area contributed by atoms with Gasteiger partial charge in [0.15, 0.2) is 0 Å². The van der Waals surface area contributed by atoms with E-state index in [0.29, 0.717) is 18.1 Å². The van der Waals surface area contributed by atoms with Crippen LogP contribution < -0.4 is 4.74 Å². The monoisotopic (exact) mass is 460 g/mol. The van der Waals surface area contributed by atoms with Crippen LogP contribution in [0.3, 0.4) is 0 Å². The van der Waals surface area contributed by atoms with Crippen molar-refractivity contribution in [1.82, 2.24) is 0 Å². The van der Waals surface area contributed by atoms with E-state index in [4.69, 9.17) is 4.74 Å². The number of hydrogen-bond acceptors (Lipinski definition) is 2. The van der Waals surface area contributed by atoms with Gasteiger partial charge >= 0.3 is 5.97 Å². The summed E-state index contributed by atoms with van der Waals surface area (Å²) < 4.78 is 19.8. The molecule has 2 nitrogen and oxygen atoms in total. The Kier molecular flexibility index (Phi) is 14.4. The van der Waals surface area contributed by atoms with Crippen LogP contribution in [0.5, 0.6) is 5.75 Å². The molecule has 1 aliphatic carbocycles. The van der Waals surface area contributed by atoms with Crippen LogP contribution in [0.1, 0.15) is 135 Å². The van der Waals surface area contributed by atoms with Crippen LogP contribution in [0.4, 0.5) is 4.39 Å². The number of carbonyl (C=O) groups is 1. The number of esters is 1. The second-order valence-electron chi connectivity index (χ2n) is 10.4. The average Bonchev–Trinajstić information content (AvgIpc) is 2.82. The molecule has 0 spiro atoms. The Morgan fingerprint density at radius 2 is 1.39 bits per heavy atom. The van der Waals surface area contributed by atoms with E-state index in [1.807, 2.05) is 0 Å². The number of benzene rings is 1. The van der Waals surface area contributed by atoms with Crippen LogP contribution in [-0.4, -0.2) is 5.97 Å². The number of hydrogen-bond donors (Lipinski definition) is 0. The van der Waals surface area contributed by atoms with Crippen LogP contribution in [0.15, 0.2) is 18.2 Å². The zero-order chi connectivity index (χ0) is 23.7. The molecule has 1 saturated carbocycles. The van der Waals surface area contributed by atoms with Gasteiger partial charge in [-0.2, -0.15) is 0 Å². The second kappa shape index (κ2) is 17.1. The predicted octanol–water partition coefficient (Wildman–Crippen LogP) is 9.58. The molecule has 0 amide bonds. The first-order valence-corrected chi connectivity index (χ1v) is 14.1. The standard InChI is InChI=1S/C30H49FO2/c1-3-5-7-9-11-13-15-27-21-22-28(24-29(27)31)33-30(32)23-20-26-18-16-25(17-19-26)14-12-10-8-6-4-2/h21-22,24-26H,3-20,23H2,1-2H3/t25-,26-. The Hall–Kier alpha value is -1.38. The lowest BCUT2D eigenvalue weighted by Crippen LogP contribution is -2.17. The smallest absolute Gasteiger partial charge is 0.311 e. The van der Waals surface area contributed by atoms with E-state index in [-0.39, 0.29) is 11.8 Å². The minimum Gasteiger partial charge on any atom is -0.426 e. The van der Waals surface area contributed by atoms with Crippen molar-refractivity contribution in [3.63, 3.8) is 0 Å². The molecule has 1 aromatic rings. The Balaban J connectivity index is 1.59. The lowest BCUT2D eigenvalue weighted by atomic mass is 9.78. The van der Waals surface area contributed by atoms with Gasteiger partial charge in [-0.3, -0.25) is 4.79 Å². The third kappa shape index (κ3) is 12.1. The molecule has 33 heavy (non-hydrogen) atoms. The van der Waals surface area contributed by atoms with Crippen molar-refractivity contribution in [2.45, 2.75) is 136 Å². The fourth-order valence-electron chi connectivity index (χ4n) is 5.24. The van der Waals surface area contributed by atoms with E-state index >= 15 is 0 Å². The van der Waals surface area contributed by atoms with Gasteiger partial charge in [0, 0.05) is 12.5 Å². The maximum atomic E-state index is 14.4. The summed E-state index contributed by atoms with van der Waals surface area (Å²) in [5, 5.41) is 0. The van der Waals surface area contributed by atoms with Gasteiger partial charge in [0.1, 0.15) is 11.6 Å². The van der Waals surface area contributed by atoms with Crippen molar-refractivity contribution in [2.75, 3.05) is 0 Å². The summed E-state index contributed by atoms with van der Waals surface area (Å²) in [7, 11) is 0. The molecular weight excluding hydrogens is 411 g/mol. The van der Waals surface area contributed by atoms with Crippen LogP contribution in [0, 0.1) is 17.7 Å². The van der Waals surface area contributed by atoms with Gasteiger partial charge < -0.3 is 4.74 Å². The number of ether oxygens (including phenoxy) is 1. The van der Waals surface area contributed by atoms with Crippen molar-refractivity contribution < 1.29 is 13.9 Å². The van der Waals surface area contributed by atoms with Gasteiger partial charge in [-0.1, -0.05) is 116 Å². The summed E-state index contributed by atoms with van der Waals surface area (Å²) in [5.41, 5.74) is 0.729. The van der Waals surface area contributed by atoms with Crippen molar-refractivity contribution in [3.8, 4) is 5.75 Å². The molecule has 1 aliphatic rings. The minimum atomic E-state index is -0.248. The van der Waals surface area contributed by atoms with E-state index < -0.39 is 0 Å². The zero-order valence-electron chi connectivity index (χ0n) is 21.5. The molecule has 0 aromatic heterocycles. The third-order valence-electron chi connectivity index (χ3n) is 7.49. The first-order valence-electron chi connectivity index (χ1n) is 14.1. The van der Waals surface area contributed by atoms with Gasteiger partial charge in [0.2, 0.25) is 0 Å². The molecule has 0 aliphatic heterocycles. The van der Waals surface area contributed by atoms with E-state index in [2.05, 4.69) is 13.8 Å². The number of unbranched alkanes of at least 4 members (excludes halogenated alkanes) is 9. The van der Waals surface area contributed by atoms with E-state index in [1.165, 1.54) is 96.0 Å². The quantitative estimate of drug-likeness (QED) is 0.131. The highest BCUT2D eigenvalue weighted by molar-refractivity contribution is 5.72. The summed E-state index contributed by atoms with van der Waals surface area (Å²) in [6.45, 7) is 4.48. The Morgan fingerprint density at radius 1 is 0.818 bits per heavy atom. The van der Waals surface area contributed by atoms with Gasteiger partial charge in [-0.05, 0) is 42.7 Å². The molecule has 1 aromatic carbocycles. The van der Waals surface area contributed by atoms with Gasteiger partial charge in [0.25, 0.3) is 0 Å². The van der Waals surface area contributed by atoms with Crippen molar-refractivity contribution >= 4 is 5.97 Å². The fraction of sp³-hybridized carbons (Fsp3) is 0.767. The van der Waals surface area contributed by atoms with Gasteiger partial charge in [-0.25, -0.2) is 4.39 Å². The summed E-state index contributed by atoms with van der Waals surface area (Å²) in [4.78, 5) is 12.3. The van der Waals surface area contributed by atoms with Crippen LogP contribution in [-0.2, 0) is 11.2 Å². The Morgan fingerprint density at radius 3 is 2.03 bits per heavy atom. The summed E-state index contributed by atoms with van der Waals surface area (Å²) in [6, 6.07) is 4.92. The SMILES string of the molecule is CCCCCCCCc1ccc(OC(=O)CC[C@H]2CC[C@H](CCCCCCC)CC2)cc1F. The van der Waals surface area contributed by atoms with Gasteiger partial charge in [0.05, 0.1) is 0 Å². The molecular formula is C30H49FO2. The number of rotatable bonds is 17. The largest absolute Gasteiger partial charge is 0.426 e. The third-order valence-corrected chi connectivity index (χ3v) is 7.49. The normalized spacial score (nSPS) is 18.4. The first kappa shape index (κ1) is 27.9. The molecule has 3 heteroatoms. The Labute approximate surface area is 203 Å². The predicted molar refractivity (Wildman–Crippen MR) is 137 cm³/mol. The van der Waals surface area contributed by atoms with Crippen LogP contribution in [0.2, 0.25) is 0 Å². The van der Waals surface area contributed by atoms with Crippen LogP contribution >= 0.6 is 0 Å². The molecule has 0 radical (unpaired) electrons. The number of carbonyl (C=O) groups excluding carboxylic acids is 1. The highest BCUT2D eigenvalue weighted by Crippen LogP contribution is 2.34. The molecule has 0 N–H and O–H groups in total. The molecule has 0 heterocycles. The van der Waals surface area contributed by atoms with Crippen molar-refractivity contribution in [3.05, 3.63) is 29.6 Å². The maximum absolute atomic E-state index is 14.4. The molecule has 2 rings (SSSR count). The first-order chi connectivity index (χ1) is 16.1. The van der Waals surface area contributed by atoms with E-state index in [0.717, 1.165) is 37.2 Å². The second-order valence-corrected chi connectivity index (χ2v) is 10.4. The van der Waals surface area contributed by atoms with Crippen LogP contribution in [0.25, 0.3) is 0 Å². The molecule has 1 fully saturated rings. The molecule has 0 saturated heterocycles. The maximum Gasteiger partial charge on any atom is 0.311 e. The molecule has 0 atom stereocenters. The fourth-order valence-corrected chi connectivity index (χ4v) is 5.24. The lowest BCUT2D eigenvalue weighted by molar-refractivity contribution is -0.134. The van der Waals surface area contributed by atoms with Gasteiger partial charge in [-0.15, -0.1) is 0 Å². The van der Waals surface area contributed by atoms with Crippen molar-refractivity contribution in [2.24, 2.45) is 11.8 Å². The minimum absolute atomic E-state index is 0.226. The average molecular weight is 461 g/mol. The highest BCUT2D eigenvalue weighted by atomic mass is 19.1. The Bertz CT molecular complexity index is 649. The molecule has 188 valence electrons. The lowest BCUT2D eigenvalue weighted by Gasteiger charge is -2.28. The number of aryl methyl sites for hydroxylation is 1. The van der Waals surface area contributed by atoms with E-state index in [1.54, 1.807) is 12.1 Å². The zero-order valence-corrected chi connectivity index (χ0v) is 21.5.